The molecule has 5 nitrogen and oxygen atoms in total. The lowest BCUT2D eigenvalue weighted by molar-refractivity contribution is -0.165. The average molecular weight is 705 g/mol. The first-order chi connectivity index (χ1) is 21.3. The highest BCUT2D eigenvalue weighted by molar-refractivity contribution is 8.36. The Labute approximate surface area is 281 Å². The molecule has 5 heterocycles. The molecule has 0 radical (unpaired) electrons. The minimum Gasteiger partial charge on any atom is -0.366 e. The van der Waals surface area contributed by atoms with E-state index in [1.165, 1.54) is 0 Å². The lowest BCUT2D eigenvalue weighted by atomic mass is 9.71. The first kappa shape index (κ1) is 31.4. The molecular formula is C33H37ClN2O3S5. The molecule has 2 N–H and O–H groups in total. The zero-order chi connectivity index (χ0) is 30.7. The van der Waals surface area contributed by atoms with Crippen molar-refractivity contribution >= 4 is 66.9 Å². The van der Waals surface area contributed by atoms with Crippen LogP contribution in [0.15, 0.2) is 95.7 Å². The third kappa shape index (κ3) is 3.31. The number of hydrogen-bond donors (Lipinski definition) is 2. The van der Waals surface area contributed by atoms with Crippen LogP contribution in [0.3, 0.4) is 0 Å². The van der Waals surface area contributed by atoms with E-state index in [1.807, 2.05) is 53.9 Å². The maximum Gasteiger partial charge on any atom is 0.201 e. The summed E-state index contributed by atoms with van der Waals surface area (Å²) in [5.41, 5.74) is 0.357. The van der Waals surface area contributed by atoms with Crippen LogP contribution < -0.4 is 10.6 Å². The Hall–Kier alpha value is -1.18. The third-order valence-corrected chi connectivity index (χ3v) is 24.2. The van der Waals surface area contributed by atoms with Gasteiger partial charge in [0.1, 0.15) is 14.2 Å². The smallest absolute Gasteiger partial charge is 0.201 e. The van der Waals surface area contributed by atoms with E-state index < -0.39 is 38.6 Å². The van der Waals surface area contributed by atoms with Crippen molar-refractivity contribution < 1.29 is 13.7 Å². The van der Waals surface area contributed by atoms with Crippen molar-refractivity contribution in [1.29, 1.82) is 0 Å². The zero-order valence-corrected chi connectivity index (χ0v) is 29.7. The number of ether oxygens (including phenoxy) is 2. The summed E-state index contributed by atoms with van der Waals surface area (Å²) in [4.78, 5) is 1.78. The number of methoxy groups -OCH3 is 2. The van der Waals surface area contributed by atoms with Crippen LogP contribution in [0, 0.1) is 0 Å². The Morgan fingerprint density at radius 3 is 1.70 bits per heavy atom. The number of rotatable bonds is 8. The molecule has 234 valence electrons. The van der Waals surface area contributed by atoms with E-state index in [0.29, 0.717) is 0 Å². The highest BCUT2D eigenvalue weighted by Gasteiger charge is 2.96. The lowest BCUT2D eigenvalue weighted by Gasteiger charge is -2.65. The molecule has 44 heavy (non-hydrogen) atoms. The molecule has 3 aliphatic heterocycles. The minimum absolute atomic E-state index is 0.479. The van der Waals surface area contributed by atoms with E-state index in [-0.39, 0.29) is 0 Å². The standard InChI is InChI=1S/C33H37ClN2O3S5/c1-30(24-12-6-4-7-13-24)32(38-2,27-17-11-21-41-27)33(34,39-3)31(26-16-10-20-40-26,25-14-8-5-9-15-25)44(30,37,28-35-18-22-42-28)29-36-19-23-43-29/h4-17,20-21,28-29,35-36H,18-19,22-23H2,1-3H3. The average Bonchev–Trinajstić information content (AvgIpc) is 3.91. The second-order valence-electron chi connectivity index (χ2n) is 11.5. The number of thiophene rings is 2. The van der Waals surface area contributed by atoms with E-state index in [4.69, 9.17) is 21.1 Å². The summed E-state index contributed by atoms with van der Waals surface area (Å²) in [6, 6.07) is 28.8. The van der Waals surface area contributed by atoms with Crippen LogP contribution in [-0.2, 0) is 33.6 Å². The second kappa shape index (κ2) is 11.2. The molecule has 6 unspecified atom stereocenters. The van der Waals surface area contributed by atoms with Crippen LogP contribution in [0.2, 0.25) is 0 Å². The summed E-state index contributed by atoms with van der Waals surface area (Å²) in [5, 5.41) is 10.1. The summed E-state index contributed by atoms with van der Waals surface area (Å²) in [6.45, 7) is 3.64. The summed E-state index contributed by atoms with van der Waals surface area (Å²) < 4.78 is 29.2. The van der Waals surface area contributed by atoms with E-state index in [1.54, 1.807) is 60.4 Å². The van der Waals surface area contributed by atoms with Gasteiger partial charge in [-0.1, -0.05) is 84.4 Å². The van der Waals surface area contributed by atoms with Crippen LogP contribution in [0.5, 0.6) is 0 Å². The summed E-state index contributed by atoms with van der Waals surface area (Å²) in [5.74, 6) is 1.66. The predicted molar refractivity (Wildman–Crippen MR) is 191 cm³/mol. The number of benzene rings is 2. The molecule has 0 saturated carbocycles. The van der Waals surface area contributed by atoms with Crippen molar-refractivity contribution in [1.82, 2.24) is 10.6 Å². The molecule has 6 atom stereocenters. The van der Waals surface area contributed by atoms with E-state index >= 15 is 4.21 Å². The molecule has 0 bridgehead atoms. The number of alkyl halides is 1. The van der Waals surface area contributed by atoms with Crippen molar-refractivity contribution in [2.75, 3.05) is 38.8 Å². The van der Waals surface area contributed by atoms with Gasteiger partial charge in [0, 0.05) is 48.6 Å². The SMILES string of the molecule is COC1(Cl)C(OC)(c2cccs2)C(C)(c2ccccc2)S(=O)(C2NCCS2)(C2NCCS2)C1(c1ccccc1)c1cccs1. The first-order valence-corrected chi connectivity index (χ1v) is 21.0. The monoisotopic (exact) mass is 704 g/mol. The van der Waals surface area contributed by atoms with Gasteiger partial charge in [-0.3, -0.25) is 14.8 Å². The molecule has 0 spiro atoms. The molecule has 3 aliphatic rings. The zero-order valence-electron chi connectivity index (χ0n) is 24.9. The van der Waals surface area contributed by atoms with Gasteiger partial charge in [0.25, 0.3) is 0 Å². The minimum atomic E-state index is -4.51. The van der Waals surface area contributed by atoms with Crippen molar-refractivity contribution in [3.8, 4) is 0 Å². The Morgan fingerprint density at radius 1 is 0.750 bits per heavy atom. The predicted octanol–water partition coefficient (Wildman–Crippen LogP) is 7.17. The van der Waals surface area contributed by atoms with Gasteiger partial charge in [0.05, 0.1) is 4.75 Å². The van der Waals surface area contributed by atoms with Gasteiger partial charge in [-0.05, 0) is 50.0 Å². The van der Waals surface area contributed by atoms with Crippen molar-refractivity contribution in [3.63, 3.8) is 0 Å². The Kier molecular flexibility index (Phi) is 8.01. The largest absolute Gasteiger partial charge is 0.366 e. The highest BCUT2D eigenvalue weighted by atomic mass is 35.5. The molecule has 3 fully saturated rings. The van der Waals surface area contributed by atoms with Gasteiger partial charge >= 0.3 is 0 Å². The fraction of sp³-hybridized carbons (Fsp3) is 0.394. The van der Waals surface area contributed by atoms with Gasteiger partial charge in [-0.25, -0.2) is 0 Å². The van der Waals surface area contributed by atoms with Gasteiger partial charge in [-0.15, -0.1) is 46.2 Å². The van der Waals surface area contributed by atoms with E-state index in [9.17, 15) is 0 Å². The normalized spacial score (nSPS) is 37.0. The van der Waals surface area contributed by atoms with E-state index in [0.717, 1.165) is 45.5 Å². The van der Waals surface area contributed by atoms with E-state index in [2.05, 4.69) is 59.3 Å². The fourth-order valence-electron chi connectivity index (χ4n) is 8.57. The van der Waals surface area contributed by atoms with Gasteiger partial charge < -0.3 is 9.47 Å². The molecule has 11 heteroatoms. The molecule has 0 aliphatic carbocycles. The highest BCUT2D eigenvalue weighted by Crippen LogP contribution is 2.86. The van der Waals surface area contributed by atoms with Crippen molar-refractivity contribution in [3.05, 3.63) is 117 Å². The third-order valence-electron chi connectivity index (χ3n) is 10.1. The van der Waals surface area contributed by atoms with Crippen LogP contribution in [0.1, 0.15) is 27.8 Å². The summed E-state index contributed by atoms with van der Waals surface area (Å²) in [7, 11) is -1.13. The summed E-state index contributed by atoms with van der Waals surface area (Å²) >= 11 is 15.2. The molecular weight excluding hydrogens is 668 g/mol. The maximum absolute atomic E-state index is 18.8. The summed E-state index contributed by atoms with van der Waals surface area (Å²) in [6.07, 6.45) is 0. The van der Waals surface area contributed by atoms with Crippen LogP contribution in [-0.4, -0.2) is 57.5 Å². The molecule has 2 aromatic heterocycles. The lowest BCUT2D eigenvalue weighted by Crippen LogP contribution is -2.75. The maximum atomic E-state index is 18.8. The Bertz CT molecular complexity index is 1640. The molecule has 7 rings (SSSR count). The Balaban J connectivity index is 1.85. The van der Waals surface area contributed by atoms with Crippen molar-refractivity contribution in [2.45, 2.75) is 36.5 Å². The number of nitrogens with one attached hydrogen (secondary N) is 2. The van der Waals surface area contributed by atoms with Crippen LogP contribution >= 0.6 is 57.8 Å². The van der Waals surface area contributed by atoms with Crippen molar-refractivity contribution in [2.24, 2.45) is 0 Å². The first-order valence-electron chi connectivity index (χ1n) is 14.7. The number of hydrogen-bond acceptors (Lipinski definition) is 9. The quantitative estimate of drug-likeness (QED) is 0.189. The second-order valence-corrected chi connectivity index (χ2v) is 21.4. The molecule has 0 amide bonds. The van der Waals surface area contributed by atoms with Gasteiger partial charge in [0.2, 0.25) is 5.06 Å². The fourth-order valence-corrected chi connectivity index (χ4v) is 26.1. The van der Waals surface area contributed by atoms with Gasteiger partial charge in [0.15, 0.2) is 5.60 Å². The number of thioether (sulfide) groups is 2. The molecule has 2 aromatic carbocycles. The van der Waals surface area contributed by atoms with Crippen LogP contribution in [0.25, 0.3) is 0 Å². The van der Waals surface area contributed by atoms with Crippen LogP contribution in [0.4, 0.5) is 0 Å². The molecule has 4 aromatic rings. The molecule has 3 saturated heterocycles. The Morgan fingerprint density at radius 2 is 1.27 bits per heavy atom. The van der Waals surface area contributed by atoms with Gasteiger partial charge in [-0.2, -0.15) is 0 Å². The topological polar surface area (TPSA) is 59.6 Å². The number of halogens is 1.